The summed E-state index contributed by atoms with van der Waals surface area (Å²) in [4.78, 5) is 0. The van der Waals surface area contributed by atoms with Crippen LogP contribution in [0.1, 0.15) is 58.3 Å². The molecule has 0 aromatic carbocycles. The quantitative estimate of drug-likeness (QED) is 0.432. The van der Waals surface area contributed by atoms with Crippen LogP contribution < -0.4 is 0 Å². The lowest BCUT2D eigenvalue weighted by Gasteiger charge is -2.11. The summed E-state index contributed by atoms with van der Waals surface area (Å²) < 4.78 is 5.45. The summed E-state index contributed by atoms with van der Waals surface area (Å²) >= 11 is 0. The number of nitrogens with zero attached hydrogens (tertiary/aromatic N) is 1. The van der Waals surface area contributed by atoms with Gasteiger partial charge in [0.05, 0.1) is 11.8 Å². The van der Waals surface area contributed by atoms with Gasteiger partial charge in [0, 0.05) is 7.11 Å². The molecule has 0 amide bonds. The first-order valence-electron chi connectivity index (χ1n) is 7.31. The molecule has 3 nitrogen and oxygen atoms in total. The van der Waals surface area contributed by atoms with E-state index in [1.165, 1.54) is 5.57 Å². The molecule has 0 saturated heterocycles. The molecule has 19 heavy (non-hydrogen) atoms. The first kappa shape index (κ1) is 16.0. The van der Waals surface area contributed by atoms with E-state index in [9.17, 15) is 0 Å². The molecule has 0 radical (unpaired) electrons. The zero-order valence-electron chi connectivity index (χ0n) is 12.3. The Morgan fingerprint density at radius 1 is 1.21 bits per heavy atom. The molecule has 0 saturated carbocycles. The van der Waals surface area contributed by atoms with E-state index in [1.54, 1.807) is 7.11 Å². The van der Waals surface area contributed by atoms with Crippen molar-refractivity contribution in [2.24, 2.45) is 5.16 Å². The van der Waals surface area contributed by atoms with Crippen LogP contribution in [0.3, 0.4) is 0 Å². The van der Waals surface area contributed by atoms with Gasteiger partial charge in [0.25, 0.3) is 0 Å². The van der Waals surface area contributed by atoms with Gasteiger partial charge in [0.2, 0.25) is 0 Å². The predicted octanol–water partition coefficient (Wildman–Crippen LogP) is 4.47. The number of ether oxygens (including phenoxy) is 1. The molecule has 1 aliphatic carbocycles. The molecular weight excluding hydrogens is 238 g/mol. The van der Waals surface area contributed by atoms with Crippen molar-refractivity contribution < 1.29 is 9.94 Å². The van der Waals surface area contributed by atoms with Crippen molar-refractivity contribution in [3.05, 3.63) is 23.8 Å². The van der Waals surface area contributed by atoms with E-state index in [2.05, 4.69) is 30.3 Å². The Morgan fingerprint density at radius 3 is 2.79 bits per heavy atom. The molecular formula is C16H27NO2. The van der Waals surface area contributed by atoms with Gasteiger partial charge in [-0.05, 0) is 58.3 Å². The summed E-state index contributed by atoms with van der Waals surface area (Å²) in [5.41, 5.74) is 2.31. The van der Waals surface area contributed by atoms with Gasteiger partial charge in [0.15, 0.2) is 0 Å². The van der Waals surface area contributed by atoms with Crippen LogP contribution in [0.15, 0.2) is 29.0 Å². The molecule has 1 unspecified atom stereocenters. The van der Waals surface area contributed by atoms with Crippen molar-refractivity contribution in [2.75, 3.05) is 7.11 Å². The van der Waals surface area contributed by atoms with Crippen LogP contribution in [0.4, 0.5) is 0 Å². The van der Waals surface area contributed by atoms with E-state index in [-0.39, 0.29) is 6.10 Å². The number of allylic oxidation sites excluding steroid dienone is 3. The van der Waals surface area contributed by atoms with Crippen LogP contribution in [0.2, 0.25) is 0 Å². The molecule has 1 atom stereocenters. The fourth-order valence-electron chi connectivity index (χ4n) is 2.29. The normalized spacial score (nSPS) is 30.3. The summed E-state index contributed by atoms with van der Waals surface area (Å²) in [6.07, 6.45) is 15.1. The summed E-state index contributed by atoms with van der Waals surface area (Å²) in [6.45, 7) is 2.15. The summed E-state index contributed by atoms with van der Waals surface area (Å²) in [5.74, 6) is 0. The molecule has 0 heterocycles. The van der Waals surface area contributed by atoms with Gasteiger partial charge in [0.1, 0.15) is 0 Å². The first-order valence-corrected chi connectivity index (χ1v) is 7.31. The Bertz CT molecular complexity index is 332. The molecule has 0 aromatic rings. The highest BCUT2D eigenvalue weighted by atomic mass is 16.5. The van der Waals surface area contributed by atoms with E-state index >= 15 is 0 Å². The lowest BCUT2D eigenvalue weighted by Crippen LogP contribution is -2.06. The minimum atomic E-state index is 0.238. The van der Waals surface area contributed by atoms with Gasteiger partial charge in [-0.3, -0.25) is 0 Å². The van der Waals surface area contributed by atoms with Crippen molar-refractivity contribution in [1.29, 1.82) is 0 Å². The van der Waals surface area contributed by atoms with Gasteiger partial charge in [-0.15, -0.1) is 0 Å². The van der Waals surface area contributed by atoms with Crippen molar-refractivity contribution in [3.63, 3.8) is 0 Å². The van der Waals surface area contributed by atoms with Gasteiger partial charge in [-0.2, -0.15) is 0 Å². The number of methoxy groups -OCH3 is 1. The summed E-state index contributed by atoms with van der Waals surface area (Å²) in [6, 6.07) is 0. The molecule has 1 aliphatic rings. The van der Waals surface area contributed by atoms with E-state index in [0.29, 0.717) is 0 Å². The molecule has 3 heteroatoms. The zero-order valence-corrected chi connectivity index (χ0v) is 12.3. The molecule has 1 rings (SSSR count). The van der Waals surface area contributed by atoms with Crippen LogP contribution in [-0.2, 0) is 4.74 Å². The second kappa shape index (κ2) is 9.79. The first-order chi connectivity index (χ1) is 9.26. The van der Waals surface area contributed by atoms with Crippen LogP contribution in [-0.4, -0.2) is 24.1 Å². The Morgan fingerprint density at radius 2 is 2.05 bits per heavy atom. The van der Waals surface area contributed by atoms with Crippen LogP contribution in [0.5, 0.6) is 0 Å². The molecule has 0 spiro atoms. The van der Waals surface area contributed by atoms with Crippen LogP contribution in [0, 0.1) is 0 Å². The van der Waals surface area contributed by atoms with Gasteiger partial charge in [-0.1, -0.05) is 29.0 Å². The molecule has 0 aromatic heterocycles. The highest BCUT2D eigenvalue weighted by Crippen LogP contribution is 2.14. The lowest BCUT2D eigenvalue weighted by molar-refractivity contribution is 0.134. The number of oxime groups is 1. The van der Waals surface area contributed by atoms with Crippen LogP contribution >= 0.6 is 0 Å². The molecule has 1 N–H and O–H groups in total. The van der Waals surface area contributed by atoms with Crippen LogP contribution in [0.25, 0.3) is 0 Å². The smallest absolute Gasteiger partial charge is 0.0755 e. The topological polar surface area (TPSA) is 41.8 Å². The average Bonchev–Trinajstić information content (AvgIpc) is 2.43. The van der Waals surface area contributed by atoms with Crippen molar-refractivity contribution in [2.45, 2.75) is 64.4 Å². The van der Waals surface area contributed by atoms with Crippen molar-refractivity contribution >= 4 is 5.71 Å². The third-order valence-electron chi connectivity index (χ3n) is 3.63. The van der Waals surface area contributed by atoms with Gasteiger partial charge < -0.3 is 9.94 Å². The monoisotopic (exact) mass is 265 g/mol. The zero-order chi connectivity index (χ0) is 13.9. The average molecular weight is 265 g/mol. The Balaban J connectivity index is 2.58. The number of hydrogen-bond donors (Lipinski definition) is 1. The second-order valence-electron chi connectivity index (χ2n) is 5.24. The Kier molecular flexibility index (Phi) is 8.23. The minimum Gasteiger partial charge on any atom is -0.411 e. The van der Waals surface area contributed by atoms with Crippen molar-refractivity contribution in [1.82, 2.24) is 0 Å². The second-order valence-corrected chi connectivity index (χ2v) is 5.24. The standard InChI is InChI=1S/C16H27NO2/c1-14-8-7-11-16(19-2)10-6-4-3-5-9-15(17-18)13-12-14/h6,8,10,16,18H,3-5,7,9,11-13H2,1-2H3/b10-6+,14-8-,17-15-. The predicted molar refractivity (Wildman–Crippen MR) is 79.9 cm³/mol. The van der Waals surface area contributed by atoms with Gasteiger partial charge in [-0.25, -0.2) is 0 Å². The third-order valence-corrected chi connectivity index (χ3v) is 3.63. The maximum atomic E-state index is 8.99. The van der Waals surface area contributed by atoms with Crippen molar-refractivity contribution in [3.8, 4) is 0 Å². The number of hydrogen-bond acceptors (Lipinski definition) is 3. The molecule has 0 bridgehead atoms. The summed E-state index contributed by atoms with van der Waals surface area (Å²) in [7, 11) is 1.78. The molecule has 0 fully saturated rings. The highest BCUT2D eigenvalue weighted by Gasteiger charge is 2.04. The Labute approximate surface area is 117 Å². The highest BCUT2D eigenvalue weighted by molar-refractivity contribution is 5.84. The van der Waals surface area contributed by atoms with E-state index < -0.39 is 0 Å². The lowest BCUT2D eigenvalue weighted by atomic mass is 10.0. The van der Waals surface area contributed by atoms with E-state index in [4.69, 9.17) is 9.94 Å². The Hall–Kier alpha value is -1.09. The van der Waals surface area contributed by atoms with Gasteiger partial charge >= 0.3 is 0 Å². The third kappa shape index (κ3) is 7.16. The van der Waals surface area contributed by atoms with E-state index in [1.807, 2.05) is 0 Å². The maximum Gasteiger partial charge on any atom is 0.0755 e. The fraction of sp³-hybridized carbons (Fsp3) is 0.688. The minimum absolute atomic E-state index is 0.238. The maximum absolute atomic E-state index is 8.99. The largest absolute Gasteiger partial charge is 0.411 e. The molecule has 108 valence electrons. The molecule has 0 aliphatic heterocycles. The number of rotatable bonds is 1. The summed E-state index contributed by atoms with van der Waals surface area (Å²) in [5, 5.41) is 12.4. The SMILES string of the molecule is COC1/C=C/CCCC/C(=N/O)CC/C(C)=C\CC1. The fourth-order valence-corrected chi connectivity index (χ4v) is 2.29. The van der Waals surface area contributed by atoms with E-state index in [0.717, 1.165) is 57.1 Å².